The number of hydrogen-bond donors (Lipinski definition) is 1. The Balaban J connectivity index is 2.13. The lowest BCUT2D eigenvalue weighted by atomic mass is 10.1. The van der Waals surface area contributed by atoms with E-state index in [2.05, 4.69) is 49.0 Å². The van der Waals surface area contributed by atoms with Crippen molar-refractivity contribution in [3.8, 4) is 0 Å². The van der Waals surface area contributed by atoms with E-state index in [0.29, 0.717) is 12.0 Å². The van der Waals surface area contributed by atoms with Crippen molar-refractivity contribution in [3.05, 3.63) is 23.5 Å². The SMILES string of the molecule is Cc1cc(N2CCCC2C)c(CNCC(C)C)cn1. The minimum absolute atomic E-state index is 0.658. The van der Waals surface area contributed by atoms with Crippen LogP contribution in [0.2, 0.25) is 0 Å². The Morgan fingerprint density at radius 1 is 1.47 bits per heavy atom. The normalized spacial score (nSPS) is 19.4. The Labute approximate surface area is 117 Å². The molecule has 1 aliphatic rings. The maximum atomic E-state index is 4.47. The fourth-order valence-corrected chi connectivity index (χ4v) is 2.76. The van der Waals surface area contributed by atoms with Crippen molar-refractivity contribution in [2.75, 3.05) is 18.0 Å². The molecule has 0 spiro atoms. The van der Waals surface area contributed by atoms with Gasteiger partial charge in [0.15, 0.2) is 0 Å². The van der Waals surface area contributed by atoms with Crippen molar-refractivity contribution >= 4 is 5.69 Å². The monoisotopic (exact) mass is 261 g/mol. The van der Waals surface area contributed by atoms with E-state index in [-0.39, 0.29) is 0 Å². The third kappa shape index (κ3) is 3.69. The van der Waals surface area contributed by atoms with Crippen molar-refractivity contribution in [2.24, 2.45) is 5.92 Å². The number of nitrogens with zero attached hydrogens (tertiary/aromatic N) is 2. The number of aryl methyl sites for hydroxylation is 1. The van der Waals surface area contributed by atoms with Gasteiger partial charge < -0.3 is 10.2 Å². The van der Waals surface area contributed by atoms with Gasteiger partial charge >= 0.3 is 0 Å². The van der Waals surface area contributed by atoms with Gasteiger partial charge in [0.1, 0.15) is 0 Å². The van der Waals surface area contributed by atoms with Crippen LogP contribution in [0.15, 0.2) is 12.3 Å². The summed E-state index contributed by atoms with van der Waals surface area (Å²) in [5.41, 5.74) is 3.83. The van der Waals surface area contributed by atoms with Gasteiger partial charge in [0.2, 0.25) is 0 Å². The van der Waals surface area contributed by atoms with Crippen LogP contribution >= 0.6 is 0 Å². The van der Waals surface area contributed by atoms with E-state index in [1.165, 1.54) is 30.6 Å². The molecule has 0 bridgehead atoms. The molecular formula is C16H27N3. The van der Waals surface area contributed by atoms with E-state index >= 15 is 0 Å². The lowest BCUT2D eigenvalue weighted by molar-refractivity contribution is 0.551. The number of aromatic nitrogens is 1. The highest BCUT2D eigenvalue weighted by Crippen LogP contribution is 2.28. The van der Waals surface area contributed by atoms with Crippen molar-refractivity contribution in [3.63, 3.8) is 0 Å². The topological polar surface area (TPSA) is 28.2 Å². The second kappa shape index (κ2) is 6.38. The first-order chi connectivity index (χ1) is 9.08. The summed E-state index contributed by atoms with van der Waals surface area (Å²) < 4.78 is 0. The van der Waals surface area contributed by atoms with E-state index in [9.17, 15) is 0 Å². The molecule has 1 atom stereocenters. The van der Waals surface area contributed by atoms with Crippen LogP contribution in [0, 0.1) is 12.8 Å². The summed E-state index contributed by atoms with van der Waals surface area (Å²) in [7, 11) is 0. The first-order valence-corrected chi connectivity index (χ1v) is 7.51. The highest BCUT2D eigenvalue weighted by Gasteiger charge is 2.22. The van der Waals surface area contributed by atoms with Gasteiger partial charge in [-0.1, -0.05) is 13.8 Å². The fourth-order valence-electron chi connectivity index (χ4n) is 2.76. The van der Waals surface area contributed by atoms with Crippen molar-refractivity contribution in [2.45, 2.75) is 53.1 Å². The van der Waals surface area contributed by atoms with Crippen molar-refractivity contribution in [1.29, 1.82) is 0 Å². The van der Waals surface area contributed by atoms with Crippen LogP contribution in [0.25, 0.3) is 0 Å². The van der Waals surface area contributed by atoms with E-state index in [0.717, 1.165) is 18.8 Å². The molecule has 1 fully saturated rings. The maximum absolute atomic E-state index is 4.47. The maximum Gasteiger partial charge on any atom is 0.0447 e. The molecule has 106 valence electrons. The zero-order valence-electron chi connectivity index (χ0n) is 12.7. The molecule has 3 nitrogen and oxygen atoms in total. The quantitative estimate of drug-likeness (QED) is 0.882. The van der Waals surface area contributed by atoms with Gasteiger partial charge in [-0.25, -0.2) is 0 Å². The first kappa shape index (κ1) is 14.3. The summed E-state index contributed by atoms with van der Waals surface area (Å²) in [6.45, 7) is 12.0. The predicted octanol–water partition coefficient (Wildman–Crippen LogP) is 3.12. The largest absolute Gasteiger partial charge is 0.368 e. The molecule has 1 unspecified atom stereocenters. The summed E-state index contributed by atoms with van der Waals surface area (Å²) in [6, 6.07) is 2.90. The Morgan fingerprint density at radius 3 is 2.89 bits per heavy atom. The fraction of sp³-hybridized carbons (Fsp3) is 0.688. The van der Waals surface area contributed by atoms with Gasteiger partial charge in [-0.05, 0) is 45.2 Å². The molecule has 1 aliphatic heterocycles. The third-order valence-corrected chi connectivity index (χ3v) is 3.83. The lowest BCUT2D eigenvalue weighted by Gasteiger charge is -2.27. The molecule has 3 heteroatoms. The molecule has 0 aliphatic carbocycles. The minimum Gasteiger partial charge on any atom is -0.368 e. The number of pyridine rings is 1. The lowest BCUT2D eigenvalue weighted by Crippen LogP contribution is -2.29. The Bertz CT molecular complexity index is 414. The molecule has 0 saturated carbocycles. The van der Waals surface area contributed by atoms with E-state index in [1.54, 1.807) is 0 Å². The number of rotatable bonds is 5. The van der Waals surface area contributed by atoms with Crippen molar-refractivity contribution < 1.29 is 0 Å². The van der Waals surface area contributed by atoms with Gasteiger partial charge in [0.25, 0.3) is 0 Å². The summed E-state index contributed by atoms with van der Waals surface area (Å²) in [4.78, 5) is 7.01. The second-order valence-corrected chi connectivity index (χ2v) is 6.16. The molecule has 0 aromatic carbocycles. The van der Waals surface area contributed by atoms with Crippen LogP contribution < -0.4 is 10.2 Å². The molecule has 1 aromatic heterocycles. The van der Waals surface area contributed by atoms with Crippen LogP contribution in [-0.2, 0) is 6.54 Å². The van der Waals surface area contributed by atoms with Gasteiger partial charge in [0.05, 0.1) is 0 Å². The molecule has 0 radical (unpaired) electrons. The summed E-state index contributed by atoms with van der Waals surface area (Å²) in [5, 5.41) is 3.53. The van der Waals surface area contributed by atoms with Gasteiger partial charge in [-0.2, -0.15) is 0 Å². The van der Waals surface area contributed by atoms with E-state index < -0.39 is 0 Å². The first-order valence-electron chi connectivity index (χ1n) is 7.51. The van der Waals surface area contributed by atoms with Crippen LogP contribution in [0.1, 0.15) is 44.9 Å². The van der Waals surface area contributed by atoms with Crippen molar-refractivity contribution in [1.82, 2.24) is 10.3 Å². The molecule has 1 N–H and O–H groups in total. The van der Waals surface area contributed by atoms with Crippen LogP contribution in [0.4, 0.5) is 5.69 Å². The van der Waals surface area contributed by atoms with Crippen LogP contribution in [0.3, 0.4) is 0 Å². The molecule has 2 rings (SSSR count). The van der Waals surface area contributed by atoms with Gasteiger partial charge in [0, 0.05) is 42.3 Å². The standard InChI is InChI=1S/C16H27N3/c1-12(2)9-17-10-15-11-18-13(3)8-16(15)19-7-5-6-14(19)4/h8,11-12,14,17H,5-7,9-10H2,1-4H3. The number of anilines is 1. The van der Waals surface area contributed by atoms with Crippen LogP contribution in [-0.4, -0.2) is 24.1 Å². The molecule has 1 aromatic rings. The second-order valence-electron chi connectivity index (χ2n) is 6.16. The number of hydrogen-bond acceptors (Lipinski definition) is 3. The number of nitrogens with one attached hydrogen (secondary N) is 1. The molecule has 0 amide bonds. The zero-order valence-corrected chi connectivity index (χ0v) is 12.7. The summed E-state index contributed by atoms with van der Waals surface area (Å²) in [5.74, 6) is 0.688. The Kier molecular flexibility index (Phi) is 4.81. The zero-order chi connectivity index (χ0) is 13.8. The highest BCUT2D eigenvalue weighted by molar-refractivity contribution is 5.55. The Hall–Kier alpha value is -1.09. The summed E-state index contributed by atoms with van der Waals surface area (Å²) >= 11 is 0. The average molecular weight is 261 g/mol. The van der Waals surface area contributed by atoms with Gasteiger partial charge in [-0.3, -0.25) is 4.98 Å². The van der Waals surface area contributed by atoms with Crippen LogP contribution in [0.5, 0.6) is 0 Å². The minimum atomic E-state index is 0.658. The predicted molar refractivity (Wildman–Crippen MR) is 81.6 cm³/mol. The van der Waals surface area contributed by atoms with E-state index in [1.807, 2.05) is 6.20 Å². The molecule has 19 heavy (non-hydrogen) atoms. The molecular weight excluding hydrogens is 234 g/mol. The highest BCUT2D eigenvalue weighted by atomic mass is 15.2. The molecule has 1 saturated heterocycles. The van der Waals surface area contributed by atoms with Gasteiger partial charge in [-0.15, -0.1) is 0 Å². The molecule has 2 heterocycles. The smallest absolute Gasteiger partial charge is 0.0447 e. The third-order valence-electron chi connectivity index (χ3n) is 3.83. The van der Waals surface area contributed by atoms with E-state index in [4.69, 9.17) is 0 Å². The summed E-state index contributed by atoms with van der Waals surface area (Å²) in [6.07, 6.45) is 4.66. The average Bonchev–Trinajstić information content (AvgIpc) is 2.77. The Morgan fingerprint density at radius 2 is 2.26 bits per heavy atom.